The molecule has 3 heteroatoms. The van der Waals surface area contributed by atoms with Gasteiger partial charge in [0.05, 0.1) is 11.7 Å². The van der Waals surface area contributed by atoms with Crippen LogP contribution in [0.1, 0.15) is 49.2 Å². The van der Waals surface area contributed by atoms with Crippen molar-refractivity contribution in [2.24, 2.45) is 0 Å². The zero-order chi connectivity index (χ0) is 17.5. The van der Waals surface area contributed by atoms with Crippen molar-refractivity contribution in [3.8, 4) is 0 Å². The second kappa shape index (κ2) is 8.65. The van der Waals surface area contributed by atoms with E-state index in [0.717, 1.165) is 21.9 Å². The van der Waals surface area contributed by atoms with Gasteiger partial charge < -0.3 is 9.64 Å². The topological polar surface area (TPSA) is 29.5 Å². The highest BCUT2D eigenvalue weighted by atomic mass is 16.5. The first-order valence-corrected chi connectivity index (χ1v) is 8.71. The van der Waals surface area contributed by atoms with E-state index in [1.165, 1.54) is 0 Å². The molecule has 0 aliphatic rings. The molecule has 0 fully saturated rings. The van der Waals surface area contributed by atoms with E-state index in [1.54, 1.807) is 0 Å². The second-order valence-corrected chi connectivity index (χ2v) is 5.70. The summed E-state index contributed by atoms with van der Waals surface area (Å²) in [5.41, 5.74) is 1.71. The van der Waals surface area contributed by atoms with Gasteiger partial charge in [-0.1, -0.05) is 42.5 Å². The van der Waals surface area contributed by atoms with Gasteiger partial charge in [-0.3, -0.25) is 4.79 Å². The van der Waals surface area contributed by atoms with Crippen LogP contribution in [-0.4, -0.2) is 30.5 Å². The maximum Gasteiger partial charge on any atom is 0.254 e. The molecule has 3 nitrogen and oxygen atoms in total. The first kappa shape index (κ1) is 18.2. The van der Waals surface area contributed by atoms with Gasteiger partial charge in [0.1, 0.15) is 0 Å². The van der Waals surface area contributed by atoms with Crippen LogP contribution in [0, 0.1) is 0 Å². The van der Waals surface area contributed by atoms with Gasteiger partial charge in [0.2, 0.25) is 0 Å². The monoisotopic (exact) mass is 325 g/mol. The van der Waals surface area contributed by atoms with Gasteiger partial charge in [-0.2, -0.15) is 0 Å². The SMILES string of the molecule is C=CCC(OCC)c1ccc2ccccc2c1C(=O)N(CC)CC. The molecule has 2 aromatic carbocycles. The third-order valence-corrected chi connectivity index (χ3v) is 4.32. The number of ether oxygens (including phenoxy) is 1. The number of hydrogen-bond donors (Lipinski definition) is 0. The van der Waals surface area contributed by atoms with Gasteiger partial charge in [0.25, 0.3) is 5.91 Å². The summed E-state index contributed by atoms with van der Waals surface area (Å²) in [7, 11) is 0. The van der Waals surface area contributed by atoms with Crippen LogP contribution in [0.4, 0.5) is 0 Å². The minimum absolute atomic E-state index is 0.0700. The maximum atomic E-state index is 13.2. The fourth-order valence-corrected chi connectivity index (χ4v) is 3.10. The van der Waals surface area contributed by atoms with E-state index in [1.807, 2.05) is 62.1 Å². The summed E-state index contributed by atoms with van der Waals surface area (Å²) >= 11 is 0. The van der Waals surface area contributed by atoms with Crippen LogP contribution in [0.5, 0.6) is 0 Å². The molecule has 1 amide bonds. The van der Waals surface area contributed by atoms with Crippen molar-refractivity contribution in [1.29, 1.82) is 0 Å². The minimum atomic E-state index is -0.147. The Morgan fingerprint density at radius 2 is 1.88 bits per heavy atom. The zero-order valence-corrected chi connectivity index (χ0v) is 14.9. The van der Waals surface area contributed by atoms with Gasteiger partial charge in [0.15, 0.2) is 0 Å². The van der Waals surface area contributed by atoms with Crippen LogP contribution in [0.25, 0.3) is 10.8 Å². The molecule has 1 unspecified atom stereocenters. The average Bonchev–Trinajstić information content (AvgIpc) is 2.61. The molecule has 0 bridgehead atoms. The highest BCUT2D eigenvalue weighted by molar-refractivity contribution is 6.08. The Hall–Kier alpha value is -2.13. The van der Waals surface area contributed by atoms with Gasteiger partial charge in [-0.15, -0.1) is 6.58 Å². The van der Waals surface area contributed by atoms with E-state index in [2.05, 4.69) is 12.6 Å². The number of amides is 1. The molecular weight excluding hydrogens is 298 g/mol. The Morgan fingerprint density at radius 3 is 2.50 bits per heavy atom. The molecule has 128 valence electrons. The van der Waals surface area contributed by atoms with Crippen LogP contribution in [-0.2, 0) is 4.74 Å². The summed E-state index contributed by atoms with van der Waals surface area (Å²) in [6.07, 6.45) is 2.39. The number of fused-ring (bicyclic) bond motifs is 1. The van der Waals surface area contributed by atoms with Crippen molar-refractivity contribution in [3.05, 3.63) is 60.2 Å². The molecule has 24 heavy (non-hydrogen) atoms. The predicted molar refractivity (Wildman–Crippen MR) is 100 cm³/mol. The predicted octanol–water partition coefficient (Wildman–Crippen LogP) is 4.98. The molecule has 0 aromatic heterocycles. The number of hydrogen-bond acceptors (Lipinski definition) is 2. The number of nitrogens with zero attached hydrogens (tertiary/aromatic N) is 1. The fourth-order valence-electron chi connectivity index (χ4n) is 3.10. The summed E-state index contributed by atoms with van der Waals surface area (Å²) in [5.74, 6) is 0.0700. The lowest BCUT2D eigenvalue weighted by molar-refractivity contribution is 0.0614. The van der Waals surface area contributed by atoms with Crippen LogP contribution in [0.2, 0.25) is 0 Å². The molecular formula is C21H27NO2. The van der Waals surface area contributed by atoms with Gasteiger partial charge in [-0.05, 0) is 43.5 Å². The van der Waals surface area contributed by atoms with Crippen LogP contribution in [0.3, 0.4) is 0 Å². The summed E-state index contributed by atoms with van der Waals surface area (Å²) in [6, 6.07) is 12.1. The molecule has 0 N–H and O–H groups in total. The van der Waals surface area contributed by atoms with Crippen LogP contribution in [0.15, 0.2) is 49.1 Å². The van der Waals surface area contributed by atoms with Crippen LogP contribution >= 0.6 is 0 Å². The average molecular weight is 325 g/mol. The van der Waals surface area contributed by atoms with Crippen molar-refractivity contribution in [2.45, 2.75) is 33.3 Å². The largest absolute Gasteiger partial charge is 0.373 e. The standard InChI is InChI=1S/C21H27NO2/c1-5-11-19(24-8-4)18-15-14-16-12-9-10-13-17(16)20(18)21(23)22(6-2)7-3/h5,9-10,12-15,19H,1,6-8,11H2,2-4H3. The first-order chi connectivity index (χ1) is 11.7. The molecule has 0 heterocycles. The summed E-state index contributed by atoms with van der Waals surface area (Å²) in [5, 5.41) is 2.06. The quantitative estimate of drug-likeness (QED) is 0.641. The van der Waals surface area contributed by atoms with Crippen molar-refractivity contribution < 1.29 is 9.53 Å². The molecule has 0 aliphatic carbocycles. The third-order valence-electron chi connectivity index (χ3n) is 4.32. The summed E-state index contributed by atoms with van der Waals surface area (Å²) < 4.78 is 5.91. The van der Waals surface area contributed by atoms with Crippen molar-refractivity contribution in [1.82, 2.24) is 4.90 Å². The summed E-state index contributed by atoms with van der Waals surface area (Å²) in [6.45, 7) is 11.8. The normalized spacial score (nSPS) is 12.1. The highest BCUT2D eigenvalue weighted by Gasteiger charge is 2.24. The van der Waals surface area contributed by atoms with Gasteiger partial charge in [0, 0.05) is 19.7 Å². The lowest BCUT2D eigenvalue weighted by Gasteiger charge is -2.25. The molecule has 1 atom stereocenters. The fraction of sp³-hybridized carbons (Fsp3) is 0.381. The molecule has 0 radical (unpaired) electrons. The van der Waals surface area contributed by atoms with E-state index < -0.39 is 0 Å². The molecule has 2 aromatic rings. The molecule has 0 aliphatic heterocycles. The highest BCUT2D eigenvalue weighted by Crippen LogP contribution is 2.31. The number of carbonyl (C=O) groups excluding carboxylic acids is 1. The summed E-state index contributed by atoms with van der Waals surface area (Å²) in [4.78, 5) is 15.1. The lowest BCUT2D eigenvalue weighted by atomic mass is 9.93. The molecule has 0 saturated carbocycles. The van der Waals surface area contributed by atoms with E-state index in [0.29, 0.717) is 26.1 Å². The Kier molecular flexibility index (Phi) is 6.56. The molecule has 0 spiro atoms. The van der Waals surface area contributed by atoms with Gasteiger partial charge in [-0.25, -0.2) is 0 Å². The molecule has 0 saturated heterocycles. The Bertz CT molecular complexity index is 704. The second-order valence-electron chi connectivity index (χ2n) is 5.70. The Labute approximate surface area is 144 Å². The van der Waals surface area contributed by atoms with E-state index in [4.69, 9.17) is 4.74 Å². The van der Waals surface area contributed by atoms with Crippen molar-refractivity contribution >= 4 is 16.7 Å². The molecule has 2 rings (SSSR count). The van der Waals surface area contributed by atoms with E-state index in [9.17, 15) is 4.79 Å². The number of carbonyl (C=O) groups is 1. The first-order valence-electron chi connectivity index (χ1n) is 8.71. The van der Waals surface area contributed by atoms with Crippen molar-refractivity contribution in [2.75, 3.05) is 19.7 Å². The van der Waals surface area contributed by atoms with Crippen LogP contribution < -0.4 is 0 Å². The third kappa shape index (κ3) is 3.68. The Balaban J connectivity index is 2.67. The lowest BCUT2D eigenvalue weighted by Crippen LogP contribution is -2.31. The van der Waals surface area contributed by atoms with E-state index in [-0.39, 0.29) is 12.0 Å². The Morgan fingerprint density at radius 1 is 1.17 bits per heavy atom. The number of benzene rings is 2. The number of rotatable bonds is 8. The smallest absolute Gasteiger partial charge is 0.254 e. The maximum absolute atomic E-state index is 13.2. The minimum Gasteiger partial charge on any atom is -0.373 e. The van der Waals surface area contributed by atoms with Gasteiger partial charge >= 0.3 is 0 Å². The zero-order valence-electron chi connectivity index (χ0n) is 14.9. The van der Waals surface area contributed by atoms with E-state index >= 15 is 0 Å². The van der Waals surface area contributed by atoms with Crippen molar-refractivity contribution in [3.63, 3.8) is 0 Å².